The molecule has 23 heavy (non-hydrogen) atoms. The zero-order valence-corrected chi connectivity index (χ0v) is 13.0. The van der Waals surface area contributed by atoms with Gasteiger partial charge >= 0.3 is 0 Å². The second kappa shape index (κ2) is 5.73. The molecule has 0 unspecified atom stereocenters. The minimum absolute atomic E-state index is 0.149. The smallest absolute Gasteiger partial charge is 0.259 e. The van der Waals surface area contributed by atoms with Crippen LogP contribution in [0.5, 0.6) is 5.75 Å². The fourth-order valence-electron chi connectivity index (χ4n) is 2.49. The fourth-order valence-corrected chi connectivity index (χ4v) is 2.49. The van der Waals surface area contributed by atoms with Crippen molar-refractivity contribution in [1.82, 2.24) is 9.61 Å². The second-order valence-corrected chi connectivity index (χ2v) is 5.53. The Morgan fingerprint density at radius 2 is 2.09 bits per heavy atom. The van der Waals surface area contributed by atoms with Crippen molar-refractivity contribution in [2.24, 2.45) is 5.73 Å². The van der Waals surface area contributed by atoms with Crippen molar-refractivity contribution in [2.75, 3.05) is 5.32 Å². The summed E-state index contributed by atoms with van der Waals surface area (Å²) in [5.74, 6) is -0.128. The Morgan fingerprint density at radius 3 is 2.83 bits per heavy atom. The van der Waals surface area contributed by atoms with Crippen molar-refractivity contribution >= 4 is 17.1 Å². The fraction of sp³-hybridized carbons (Fsp3) is 0.176. The number of aryl methyl sites for hydroxylation is 2. The molecule has 3 rings (SSSR count). The number of aromatic nitrogens is 2. The normalized spacial score (nSPS) is 10.9. The lowest BCUT2D eigenvalue weighted by Crippen LogP contribution is -2.12. The summed E-state index contributed by atoms with van der Waals surface area (Å²) in [7, 11) is 0. The zero-order chi connectivity index (χ0) is 16.6. The molecule has 4 N–H and O–H groups in total. The molecule has 1 aromatic carbocycles. The van der Waals surface area contributed by atoms with Gasteiger partial charge in [-0.1, -0.05) is 6.07 Å². The van der Waals surface area contributed by atoms with Crippen LogP contribution < -0.4 is 11.1 Å². The van der Waals surface area contributed by atoms with Gasteiger partial charge in [0, 0.05) is 24.5 Å². The van der Waals surface area contributed by atoms with E-state index in [1.807, 2.05) is 32.0 Å². The molecule has 0 aliphatic carbocycles. The van der Waals surface area contributed by atoms with Gasteiger partial charge in [-0.3, -0.25) is 4.79 Å². The minimum Gasteiger partial charge on any atom is -0.508 e. The summed E-state index contributed by atoms with van der Waals surface area (Å²) in [6.07, 6.45) is 3.30. The Kier molecular flexibility index (Phi) is 3.75. The molecule has 0 atom stereocenters. The summed E-state index contributed by atoms with van der Waals surface area (Å²) in [6.45, 7) is 4.09. The van der Waals surface area contributed by atoms with E-state index in [-0.39, 0.29) is 11.7 Å². The third kappa shape index (κ3) is 2.76. The van der Waals surface area contributed by atoms with Crippen LogP contribution in [0, 0.1) is 13.8 Å². The van der Waals surface area contributed by atoms with E-state index in [1.165, 1.54) is 6.20 Å². The molecule has 0 fully saturated rings. The van der Waals surface area contributed by atoms with Gasteiger partial charge in [0.2, 0.25) is 0 Å². The number of carbonyl (C=O) groups is 1. The average molecular weight is 310 g/mol. The second-order valence-electron chi connectivity index (χ2n) is 5.53. The lowest BCUT2D eigenvalue weighted by Gasteiger charge is -2.10. The van der Waals surface area contributed by atoms with E-state index in [0.29, 0.717) is 23.3 Å². The number of rotatable bonds is 3. The molecule has 0 bridgehead atoms. The summed E-state index contributed by atoms with van der Waals surface area (Å²) < 4.78 is 1.63. The standard InChI is InChI=1S/C17H18N4O2/c1-10-5-11(2)16(22)7-14(10)20-17(23)13-9-19-21-4-3-12(8-18)6-15(13)21/h3-7,9,22H,8,18H2,1-2H3,(H,20,23). The number of aromatic hydroxyl groups is 1. The van der Waals surface area contributed by atoms with Crippen molar-refractivity contribution in [2.45, 2.75) is 20.4 Å². The number of phenols is 1. The number of pyridine rings is 1. The number of amides is 1. The van der Waals surface area contributed by atoms with Gasteiger partial charge in [0.1, 0.15) is 5.75 Å². The third-order valence-electron chi connectivity index (χ3n) is 3.86. The van der Waals surface area contributed by atoms with Gasteiger partial charge in [0.15, 0.2) is 0 Å². The molecule has 0 radical (unpaired) electrons. The summed E-state index contributed by atoms with van der Waals surface area (Å²) in [5.41, 5.74) is 9.96. The monoisotopic (exact) mass is 310 g/mol. The molecule has 2 heterocycles. The maximum Gasteiger partial charge on any atom is 0.259 e. The highest BCUT2D eigenvalue weighted by Gasteiger charge is 2.15. The third-order valence-corrected chi connectivity index (χ3v) is 3.86. The molecule has 2 aromatic heterocycles. The molecular formula is C17H18N4O2. The first-order valence-corrected chi connectivity index (χ1v) is 7.27. The van der Waals surface area contributed by atoms with Crippen molar-refractivity contribution in [3.05, 3.63) is 58.9 Å². The van der Waals surface area contributed by atoms with Crippen molar-refractivity contribution < 1.29 is 9.90 Å². The molecule has 3 aromatic rings. The van der Waals surface area contributed by atoms with Gasteiger partial charge in [0.25, 0.3) is 5.91 Å². The first kappa shape index (κ1) is 15.1. The lowest BCUT2D eigenvalue weighted by atomic mass is 10.1. The number of fused-ring (bicyclic) bond motifs is 1. The number of carbonyl (C=O) groups excluding carboxylic acids is 1. The molecule has 118 valence electrons. The molecule has 0 saturated heterocycles. The number of nitrogens with two attached hydrogens (primary N) is 1. The predicted molar refractivity (Wildman–Crippen MR) is 88.6 cm³/mol. The molecule has 1 amide bonds. The first-order valence-electron chi connectivity index (χ1n) is 7.27. The number of phenolic OH excluding ortho intramolecular Hbond substituents is 1. The van der Waals surface area contributed by atoms with Crippen molar-refractivity contribution in [3.8, 4) is 5.75 Å². The van der Waals surface area contributed by atoms with E-state index in [1.54, 1.807) is 16.8 Å². The van der Waals surface area contributed by atoms with E-state index in [9.17, 15) is 9.90 Å². The summed E-state index contributed by atoms with van der Waals surface area (Å²) >= 11 is 0. The molecule has 0 saturated carbocycles. The van der Waals surface area contributed by atoms with Crippen LogP contribution in [-0.4, -0.2) is 20.6 Å². The van der Waals surface area contributed by atoms with Gasteiger partial charge in [-0.15, -0.1) is 0 Å². The van der Waals surface area contributed by atoms with Gasteiger partial charge < -0.3 is 16.2 Å². The Balaban J connectivity index is 1.96. The Labute approximate surface area is 133 Å². The Bertz CT molecular complexity index is 899. The number of benzene rings is 1. The van der Waals surface area contributed by atoms with Crippen LogP contribution >= 0.6 is 0 Å². The quantitative estimate of drug-likeness (QED) is 0.692. The lowest BCUT2D eigenvalue weighted by molar-refractivity contribution is 0.102. The van der Waals surface area contributed by atoms with Gasteiger partial charge in [-0.05, 0) is 42.7 Å². The predicted octanol–water partition coefficient (Wildman–Crippen LogP) is 2.37. The summed E-state index contributed by atoms with van der Waals surface area (Å²) in [6, 6.07) is 7.10. The van der Waals surface area contributed by atoms with Crippen LogP contribution in [0.2, 0.25) is 0 Å². The van der Waals surface area contributed by atoms with E-state index in [4.69, 9.17) is 5.73 Å². The number of nitrogens with one attached hydrogen (secondary N) is 1. The van der Waals surface area contributed by atoms with Crippen LogP contribution in [-0.2, 0) is 6.54 Å². The average Bonchev–Trinajstić information content (AvgIpc) is 2.95. The minimum atomic E-state index is -0.277. The zero-order valence-electron chi connectivity index (χ0n) is 13.0. The summed E-state index contributed by atoms with van der Waals surface area (Å²) in [4.78, 5) is 12.6. The summed E-state index contributed by atoms with van der Waals surface area (Å²) in [5, 5.41) is 16.8. The van der Waals surface area contributed by atoms with Crippen LogP contribution in [0.1, 0.15) is 27.0 Å². The van der Waals surface area contributed by atoms with Gasteiger partial charge in [-0.25, -0.2) is 4.52 Å². The number of hydrogen-bond donors (Lipinski definition) is 3. The molecule has 6 nitrogen and oxygen atoms in total. The van der Waals surface area contributed by atoms with Gasteiger partial charge in [0.05, 0.1) is 17.3 Å². The highest BCUT2D eigenvalue weighted by Crippen LogP contribution is 2.26. The molecule has 0 aliphatic rings. The van der Waals surface area contributed by atoms with Gasteiger partial charge in [-0.2, -0.15) is 5.10 Å². The number of anilines is 1. The molecule has 6 heteroatoms. The first-order chi connectivity index (χ1) is 11.0. The van der Waals surface area contributed by atoms with Crippen LogP contribution in [0.3, 0.4) is 0 Å². The van der Waals surface area contributed by atoms with Crippen LogP contribution in [0.15, 0.2) is 36.7 Å². The maximum absolute atomic E-state index is 12.6. The molecule has 0 spiro atoms. The van der Waals surface area contributed by atoms with E-state index in [2.05, 4.69) is 10.4 Å². The SMILES string of the molecule is Cc1cc(C)c(NC(=O)c2cnn3ccc(CN)cc23)cc1O. The topological polar surface area (TPSA) is 92.7 Å². The maximum atomic E-state index is 12.6. The molecular weight excluding hydrogens is 292 g/mol. The Hall–Kier alpha value is -2.86. The van der Waals surface area contributed by atoms with E-state index in [0.717, 1.165) is 16.7 Å². The van der Waals surface area contributed by atoms with Crippen molar-refractivity contribution in [3.63, 3.8) is 0 Å². The number of hydrogen-bond acceptors (Lipinski definition) is 4. The van der Waals surface area contributed by atoms with Crippen LogP contribution in [0.25, 0.3) is 5.52 Å². The highest BCUT2D eigenvalue weighted by atomic mass is 16.3. The molecule has 0 aliphatic heterocycles. The Morgan fingerprint density at radius 1 is 1.30 bits per heavy atom. The van der Waals surface area contributed by atoms with Crippen molar-refractivity contribution in [1.29, 1.82) is 0 Å². The highest BCUT2D eigenvalue weighted by molar-refractivity contribution is 6.09. The van der Waals surface area contributed by atoms with E-state index < -0.39 is 0 Å². The van der Waals surface area contributed by atoms with E-state index >= 15 is 0 Å². The largest absolute Gasteiger partial charge is 0.508 e. The van der Waals surface area contributed by atoms with Crippen LogP contribution in [0.4, 0.5) is 5.69 Å². The number of nitrogens with zero attached hydrogens (tertiary/aromatic N) is 2.